The van der Waals surface area contributed by atoms with Crippen molar-refractivity contribution in [2.75, 3.05) is 7.11 Å². The van der Waals surface area contributed by atoms with Gasteiger partial charge < -0.3 is 31.2 Å². The molecule has 6 heterocycles. The lowest BCUT2D eigenvalue weighted by Gasteiger charge is -2.00. The monoisotopic (exact) mass is 1060 g/mol. The van der Waals surface area contributed by atoms with E-state index < -0.39 is 9.85 Å². The van der Waals surface area contributed by atoms with Crippen molar-refractivity contribution < 1.29 is 55.5 Å². The number of hydrogen-bond donors (Lipinski definition) is 0. The third-order valence-corrected chi connectivity index (χ3v) is 12.2. The van der Waals surface area contributed by atoms with Crippen LogP contribution in [0.4, 0.5) is 11.4 Å². The Labute approximate surface area is 453 Å². The summed E-state index contributed by atoms with van der Waals surface area (Å²) in [6.07, 6.45) is 8.95. The van der Waals surface area contributed by atoms with Gasteiger partial charge in [-0.05, 0) is 146 Å². The van der Waals surface area contributed by atoms with Gasteiger partial charge in [0.1, 0.15) is 57.1 Å². The van der Waals surface area contributed by atoms with Crippen molar-refractivity contribution in [1.29, 1.82) is 0 Å². The predicted octanol–water partition coefficient (Wildman–Crippen LogP) is 16.6. The quantitative estimate of drug-likeness (QED) is 0.0403. The molecule has 0 spiro atoms. The highest BCUT2D eigenvalue weighted by atomic mass is 16.6. The summed E-state index contributed by atoms with van der Waals surface area (Å²) in [6.45, 7) is 0. The van der Waals surface area contributed by atoms with E-state index in [1.807, 2.05) is 97.1 Å². The second-order valence-corrected chi connectivity index (χ2v) is 17.5. The Kier molecular flexibility index (Phi) is 15.4. The number of carbonyl (C=O) groups is 3. The molecule has 0 aliphatic heterocycles. The van der Waals surface area contributed by atoms with E-state index in [2.05, 4.69) is 0 Å². The smallest absolute Gasteiger partial charge is 0.270 e. The molecule has 392 valence electrons. The van der Waals surface area contributed by atoms with Crippen LogP contribution in [0.1, 0.15) is 48.9 Å². The number of hydrogen-bond acceptors (Lipinski definition) is 14. The number of allylic oxidation sites excluding steroid dienone is 3. The summed E-state index contributed by atoms with van der Waals surface area (Å²) in [5.74, 6) is 4.17. The van der Waals surface area contributed by atoms with Crippen LogP contribution in [0.5, 0.6) is 5.75 Å². The van der Waals surface area contributed by atoms with Crippen LogP contribution in [-0.4, -0.2) is 34.3 Å². The number of carbonyl (C=O) groups excluding carboxylic acids is 3. The minimum absolute atomic E-state index is 0.0129. The zero-order valence-corrected chi connectivity index (χ0v) is 42.1. The summed E-state index contributed by atoms with van der Waals surface area (Å²) in [5.41, 5.74) is 4.25. The maximum atomic E-state index is 12.3. The molecule has 0 amide bonds. The van der Waals surface area contributed by atoms with Crippen molar-refractivity contribution in [1.82, 2.24) is 0 Å². The largest absolute Gasteiger partial charge is 0.497 e. The van der Waals surface area contributed by atoms with Crippen LogP contribution in [0.15, 0.2) is 245 Å². The SMILES string of the molecule is COc1ccc(-c2ccc(/C=C/C(=O)c3cc4ccccc4o3)o2)cc1.O=C(/C=C/c1ccc(-c2ccc([N+](=O)[O-])cc2)o1)c1cc2ccccc2o1.O=C(/C=C/c1ccc(-c2cccc([N+](=O)[O-])c2)o1)c1cc2ccccc2o1. The minimum Gasteiger partial charge on any atom is -0.497 e. The number of ketones is 3. The summed E-state index contributed by atoms with van der Waals surface area (Å²) in [7, 11) is 1.63. The Hall–Kier alpha value is -11.4. The van der Waals surface area contributed by atoms with Gasteiger partial charge in [0, 0.05) is 57.1 Å². The standard InChI is InChI=1S/C22H16O4.2C21H13NO5/c1-24-17-8-6-15(7-9-17)21-13-11-18(25-21)10-12-19(23)22-14-16-4-2-3-5-20(16)26-22;23-18(21-13-15-4-1-2-7-19(15)27-21)10-8-17-9-11-20(26-17)14-5-3-6-16(12-14)22(24)25;23-18(21-13-15-3-1-2-4-19(15)27-21)11-9-17-10-12-20(26-17)14-5-7-16(8-6-14)22(24)25/h2-14H,1H3;2*1-13H/b12-10+;10-8+;11-9+. The molecule has 6 aromatic carbocycles. The van der Waals surface area contributed by atoms with Gasteiger partial charge >= 0.3 is 0 Å². The highest BCUT2D eigenvalue weighted by molar-refractivity contribution is 6.08. The van der Waals surface area contributed by atoms with Gasteiger partial charge in [0.2, 0.25) is 17.3 Å². The fourth-order valence-electron chi connectivity index (χ4n) is 8.10. The fourth-order valence-corrected chi connectivity index (χ4v) is 8.10. The number of rotatable bonds is 15. The molecule has 12 rings (SSSR count). The highest BCUT2D eigenvalue weighted by Gasteiger charge is 2.15. The number of nitrogens with zero attached hydrogens (tertiary/aromatic N) is 2. The van der Waals surface area contributed by atoms with Gasteiger partial charge in [0.25, 0.3) is 11.4 Å². The molecule has 80 heavy (non-hydrogen) atoms. The van der Waals surface area contributed by atoms with Gasteiger partial charge in [-0.15, -0.1) is 0 Å². The fraction of sp³-hybridized carbons (Fsp3) is 0.0156. The molecular weight excluding hydrogens is 1020 g/mol. The molecular formula is C64H42N2O14. The van der Waals surface area contributed by atoms with Gasteiger partial charge in [0.15, 0.2) is 17.3 Å². The number of furan rings is 6. The zero-order valence-electron chi connectivity index (χ0n) is 42.1. The van der Waals surface area contributed by atoms with E-state index in [0.717, 1.165) is 33.2 Å². The Morgan fingerprint density at radius 3 is 1.14 bits per heavy atom. The van der Waals surface area contributed by atoms with Gasteiger partial charge in [0.05, 0.1) is 17.0 Å². The minimum atomic E-state index is -0.459. The number of methoxy groups -OCH3 is 1. The molecule has 0 N–H and O–H groups in total. The van der Waals surface area contributed by atoms with Crippen LogP contribution < -0.4 is 4.74 Å². The zero-order chi connectivity index (χ0) is 55.5. The van der Waals surface area contributed by atoms with Crippen molar-refractivity contribution in [3.05, 3.63) is 273 Å². The molecule has 12 aromatic rings. The van der Waals surface area contributed by atoms with E-state index in [0.29, 0.717) is 62.4 Å². The Morgan fingerprint density at radius 1 is 0.388 bits per heavy atom. The van der Waals surface area contributed by atoms with Crippen molar-refractivity contribution in [2.45, 2.75) is 0 Å². The first-order valence-corrected chi connectivity index (χ1v) is 24.5. The van der Waals surface area contributed by atoms with Gasteiger partial charge in [-0.2, -0.15) is 0 Å². The van der Waals surface area contributed by atoms with Crippen LogP contribution in [0.3, 0.4) is 0 Å². The van der Waals surface area contributed by atoms with Crippen LogP contribution >= 0.6 is 0 Å². The average molecular weight is 1060 g/mol. The Morgan fingerprint density at radius 2 is 0.762 bits per heavy atom. The maximum Gasteiger partial charge on any atom is 0.270 e. The average Bonchev–Trinajstić information content (AvgIpc) is 4.37. The van der Waals surface area contributed by atoms with Gasteiger partial charge in [-0.25, -0.2) is 0 Å². The normalized spacial score (nSPS) is 11.3. The number of benzene rings is 6. The van der Waals surface area contributed by atoms with Crippen LogP contribution in [0, 0.1) is 20.2 Å². The molecule has 0 bridgehead atoms. The van der Waals surface area contributed by atoms with E-state index in [9.17, 15) is 34.6 Å². The van der Waals surface area contributed by atoms with Crippen molar-refractivity contribution in [2.24, 2.45) is 0 Å². The molecule has 0 aliphatic carbocycles. The molecule has 0 saturated heterocycles. The number of fused-ring (bicyclic) bond motifs is 3. The first-order valence-electron chi connectivity index (χ1n) is 24.5. The molecule has 0 fully saturated rings. The van der Waals surface area contributed by atoms with Crippen molar-refractivity contribution >= 4 is 79.9 Å². The van der Waals surface area contributed by atoms with Crippen molar-refractivity contribution in [3.8, 4) is 39.7 Å². The summed E-state index contributed by atoms with van der Waals surface area (Å²) >= 11 is 0. The molecule has 16 nitrogen and oxygen atoms in total. The summed E-state index contributed by atoms with van der Waals surface area (Å²) in [5, 5.41) is 24.2. The summed E-state index contributed by atoms with van der Waals surface area (Å²) in [6, 6.07) is 57.8. The van der Waals surface area contributed by atoms with Gasteiger partial charge in [-0.1, -0.05) is 66.7 Å². The van der Waals surface area contributed by atoms with E-state index in [1.165, 1.54) is 48.6 Å². The molecule has 0 atom stereocenters. The molecule has 6 aromatic heterocycles. The highest BCUT2D eigenvalue weighted by Crippen LogP contribution is 2.30. The Bertz CT molecular complexity index is 4210. The van der Waals surface area contributed by atoms with Crippen LogP contribution in [0.2, 0.25) is 0 Å². The third kappa shape index (κ3) is 12.5. The lowest BCUT2D eigenvalue weighted by atomic mass is 10.1. The second kappa shape index (κ2) is 23.7. The van der Waals surface area contributed by atoms with E-state index in [-0.39, 0.29) is 40.2 Å². The number of non-ortho nitro benzene ring substituents is 2. The summed E-state index contributed by atoms with van der Waals surface area (Å²) in [4.78, 5) is 57.5. The predicted molar refractivity (Wildman–Crippen MR) is 301 cm³/mol. The maximum absolute atomic E-state index is 12.3. The van der Waals surface area contributed by atoms with Crippen LogP contribution in [0.25, 0.3) is 85.1 Å². The molecule has 0 aliphatic rings. The van der Waals surface area contributed by atoms with E-state index >= 15 is 0 Å². The first kappa shape index (κ1) is 52.1. The van der Waals surface area contributed by atoms with E-state index in [4.69, 9.17) is 31.2 Å². The molecule has 0 saturated carbocycles. The summed E-state index contributed by atoms with van der Waals surface area (Å²) < 4.78 is 38.9. The topological polar surface area (TPSA) is 226 Å². The number of nitro benzene ring substituents is 2. The third-order valence-electron chi connectivity index (χ3n) is 12.2. The number of ether oxygens (including phenoxy) is 1. The molecule has 16 heteroatoms. The van der Waals surface area contributed by atoms with Gasteiger partial charge in [-0.3, -0.25) is 34.6 Å². The lowest BCUT2D eigenvalue weighted by molar-refractivity contribution is -0.385. The molecule has 0 unspecified atom stereocenters. The second-order valence-electron chi connectivity index (χ2n) is 17.5. The van der Waals surface area contributed by atoms with Crippen LogP contribution in [-0.2, 0) is 0 Å². The van der Waals surface area contributed by atoms with Crippen molar-refractivity contribution in [3.63, 3.8) is 0 Å². The lowest BCUT2D eigenvalue weighted by Crippen LogP contribution is -1.89. The number of nitro groups is 2. The molecule has 0 radical (unpaired) electrons. The van der Waals surface area contributed by atoms with E-state index in [1.54, 1.807) is 98.1 Å². The first-order chi connectivity index (χ1) is 38.9. The number of para-hydroxylation sites is 3. The Balaban J connectivity index is 0.000000135.